The number of rotatable bonds is 3. The lowest BCUT2D eigenvalue weighted by Gasteiger charge is -2.06. The molecule has 1 aromatic carbocycles. The molecular weight excluding hydrogens is 376 g/mol. The van der Waals surface area contributed by atoms with Gasteiger partial charge in [-0.25, -0.2) is 4.98 Å². The van der Waals surface area contributed by atoms with Gasteiger partial charge in [0.25, 0.3) is 17.0 Å². The normalized spacial score (nSPS) is 11.2. The zero-order valence-electron chi connectivity index (χ0n) is 15.6. The average molecular weight is 394 g/mol. The minimum Gasteiger partial charge on any atom is -0.347 e. The monoisotopic (exact) mass is 394 g/mol. The van der Waals surface area contributed by atoms with E-state index in [4.69, 9.17) is 0 Å². The third-order valence-electron chi connectivity index (χ3n) is 4.73. The van der Waals surface area contributed by atoms with Crippen LogP contribution < -0.4 is 16.4 Å². The van der Waals surface area contributed by atoms with Gasteiger partial charge in [0, 0.05) is 24.7 Å². The van der Waals surface area contributed by atoms with E-state index in [2.05, 4.69) is 15.3 Å². The summed E-state index contributed by atoms with van der Waals surface area (Å²) in [5, 5.41) is 4.14. The van der Waals surface area contributed by atoms with Crippen molar-refractivity contribution in [3.05, 3.63) is 72.9 Å². The first-order valence-corrected chi connectivity index (χ1v) is 9.52. The summed E-state index contributed by atoms with van der Waals surface area (Å²) in [5.74, 6) is -0.328. The van der Waals surface area contributed by atoms with Crippen LogP contribution >= 0.6 is 11.3 Å². The first kappa shape index (κ1) is 18.1. The Bertz CT molecular complexity index is 1360. The van der Waals surface area contributed by atoms with Gasteiger partial charge in [-0.1, -0.05) is 12.1 Å². The molecule has 4 aromatic rings. The molecule has 0 saturated carbocycles. The van der Waals surface area contributed by atoms with Crippen LogP contribution in [0.4, 0.5) is 0 Å². The van der Waals surface area contributed by atoms with Crippen molar-refractivity contribution in [1.29, 1.82) is 0 Å². The van der Waals surface area contributed by atoms with Crippen LogP contribution in [0.2, 0.25) is 0 Å². The van der Waals surface area contributed by atoms with Crippen molar-refractivity contribution in [1.82, 2.24) is 19.9 Å². The summed E-state index contributed by atoms with van der Waals surface area (Å²) in [7, 11) is 1.62. The molecule has 0 aliphatic heterocycles. The Morgan fingerprint density at radius 3 is 2.82 bits per heavy atom. The Labute approximate surface area is 163 Å². The van der Waals surface area contributed by atoms with Crippen LogP contribution in [0.1, 0.15) is 26.4 Å². The average Bonchev–Trinajstić information content (AvgIpc) is 3.00. The number of carbonyl (C=O) groups is 1. The Morgan fingerprint density at radius 1 is 1.25 bits per heavy atom. The summed E-state index contributed by atoms with van der Waals surface area (Å²) in [4.78, 5) is 45.3. The third-order valence-corrected chi connectivity index (χ3v) is 5.93. The van der Waals surface area contributed by atoms with Gasteiger partial charge >= 0.3 is 0 Å². The largest absolute Gasteiger partial charge is 0.347 e. The van der Waals surface area contributed by atoms with E-state index < -0.39 is 0 Å². The van der Waals surface area contributed by atoms with Gasteiger partial charge in [0.05, 0.1) is 16.6 Å². The molecule has 0 bridgehead atoms. The molecule has 4 rings (SSSR count). The van der Waals surface area contributed by atoms with Gasteiger partial charge in [0.15, 0.2) is 0 Å². The zero-order chi connectivity index (χ0) is 20.0. The Morgan fingerprint density at radius 2 is 2.04 bits per heavy atom. The minimum atomic E-state index is -0.328. The fraction of sp³-hybridized carbons (Fsp3) is 0.200. The van der Waals surface area contributed by atoms with Crippen molar-refractivity contribution in [2.75, 3.05) is 0 Å². The fourth-order valence-corrected chi connectivity index (χ4v) is 4.23. The maximum Gasteiger partial charge on any atom is 0.262 e. The topological polar surface area (TPSA) is 96.8 Å². The van der Waals surface area contributed by atoms with E-state index in [1.165, 1.54) is 22.2 Å². The van der Waals surface area contributed by atoms with Gasteiger partial charge in [-0.2, -0.15) is 0 Å². The second kappa shape index (κ2) is 6.72. The summed E-state index contributed by atoms with van der Waals surface area (Å²) >= 11 is 1.18. The first-order chi connectivity index (χ1) is 13.3. The van der Waals surface area contributed by atoms with Gasteiger partial charge in [-0.05, 0) is 42.5 Å². The Hall–Kier alpha value is -3.26. The number of nitrogens with one attached hydrogen (secondary N) is 2. The molecule has 0 aliphatic rings. The fourth-order valence-electron chi connectivity index (χ4n) is 3.17. The predicted octanol–water partition coefficient (Wildman–Crippen LogP) is 2.38. The summed E-state index contributed by atoms with van der Waals surface area (Å²) in [5.41, 5.74) is 2.49. The quantitative estimate of drug-likeness (QED) is 0.558. The summed E-state index contributed by atoms with van der Waals surface area (Å²) in [6.07, 6.45) is 1.44. The molecule has 3 heterocycles. The molecule has 1 amide bonds. The van der Waals surface area contributed by atoms with E-state index in [1.807, 2.05) is 25.1 Å². The third kappa shape index (κ3) is 3.01. The smallest absolute Gasteiger partial charge is 0.262 e. The number of pyridine rings is 1. The molecule has 0 fully saturated rings. The first-order valence-electron chi connectivity index (χ1n) is 8.70. The molecule has 2 N–H and O–H groups in total. The number of benzene rings is 1. The lowest BCUT2D eigenvalue weighted by Crippen LogP contribution is -2.26. The van der Waals surface area contributed by atoms with Crippen LogP contribution in [0.5, 0.6) is 0 Å². The highest BCUT2D eigenvalue weighted by Gasteiger charge is 2.19. The van der Waals surface area contributed by atoms with Crippen LogP contribution in [0.15, 0.2) is 40.2 Å². The van der Waals surface area contributed by atoms with Crippen LogP contribution in [-0.4, -0.2) is 20.4 Å². The number of carbonyl (C=O) groups excluding carboxylic acids is 1. The zero-order valence-corrected chi connectivity index (χ0v) is 16.4. The highest BCUT2D eigenvalue weighted by atomic mass is 32.1. The van der Waals surface area contributed by atoms with Crippen LogP contribution in [0, 0.1) is 13.8 Å². The van der Waals surface area contributed by atoms with Gasteiger partial charge in [-0.3, -0.25) is 14.4 Å². The van der Waals surface area contributed by atoms with E-state index >= 15 is 0 Å². The molecule has 0 spiro atoms. The number of hydrogen-bond donors (Lipinski definition) is 2. The highest BCUT2D eigenvalue weighted by Crippen LogP contribution is 2.26. The second-order valence-corrected chi connectivity index (χ2v) is 7.79. The standard InChI is InChI=1S/C20H18N4O3S/c1-10-4-5-12-7-13(17(25)23-14(12)6-10)8-21-18(26)16-11(2)15-19(28-16)22-9-24(3)20(15)27/h4-7,9H,8H2,1-3H3,(H,21,26)(H,23,25). The SMILES string of the molecule is Cc1ccc2cc(CNC(=O)c3sc4ncn(C)c(=O)c4c3C)c(=O)[nH]c2c1. The number of H-pyrrole nitrogens is 1. The second-order valence-electron chi connectivity index (χ2n) is 6.79. The van der Waals surface area contributed by atoms with E-state index in [1.54, 1.807) is 20.0 Å². The molecule has 0 unspecified atom stereocenters. The summed E-state index contributed by atoms with van der Waals surface area (Å²) in [6.45, 7) is 3.79. The number of amides is 1. The van der Waals surface area contributed by atoms with E-state index in [0.29, 0.717) is 26.2 Å². The van der Waals surface area contributed by atoms with Crippen LogP contribution in [0.3, 0.4) is 0 Å². The van der Waals surface area contributed by atoms with Gasteiger partial charge in [-0.15, -0.1) is 11.3 Å². The van der Waals surface area contributed by atoms with Crippen molar-refractivity contribution in [2.24, 2.45) is 7.05 Å². The van der Waals surface area contributed by atoms with Gasteiger partial charge in [0.1, 0.15) is 4.83 Å². The molecule has 8 heteroatoms. The van der Waals surface area contributed by atoms with Crippen molar-refractivity contribution >= 4 is 38.4 Å². The van der Waals surface area contributed by atoms with E-state index in [-0.39, 0.29) is 23.6 Å². The predicted molar refractivity (Wildman–Crippen MR) is 110 cm³/mol. The van der Waals surface area contributed by atoms with Crippen molar-refractivity contribution in [2.45, 2.75) is 20.4 Å². The Kier molecular flexibility index (Phi) is 4.35. The highest BCUT2D eigenvalue weighted by molar-refractivity contribution is 7.20. The molecular formula is C20H18N4O3S. The molecule has 0 radical (unpaired) electrons. The molecule has 3 aromatic heterocycles. The molecule has 0 saturated heterocycles. The van der Waals surface area contributed by atoms with Crippen LogP contribution in [-0.2, 0) is 13.6 Å². The van der Waals surface area contributed by atoms with E-state index in [9.17, 15) is 14.4 Å². The van der Waals surface area contributed by atoms with Crippen LogP contribution in [0.25, 0.3) is 21.1 Å². The lowest BCUT2D eigenvalue weighted by molar-refractivity contribution is 0.0954. The maximum atomic E-state index is 12.7. The van der Waals surface area contributed by atoms with Crippen molar-refractivity contribution in [3.63, 3.8) is 0 Å². The maximum absolute atomic E-state index is 12.7. The molecule has 142 valence electrons. The minimum absolute atomic E-state index is 0.0944. The summed E-state index contributed by atoms with van der Waals surface area (Å²) < 4.78 is 1.39. The number of aryl methyl sites for hydroxylation is 3. The van der Waals surface area contributed by atoms with E-state index in [0.717, 1.165) is 16.5 Å². The number of aromatic nitrogens is 3. The van der Waals surface area contributed by atoms with Gasteiger partial charge in [0.2, 0.25) is 0 Å². The summed E-state index contributed by atoms with van der Waals surface area (Å²) in [6, 6.07) is 7.59. The number of nitrogens with zero attached hydrogens (tertiary/aromatic N) is 2. The van der Waals surface area contributed by atoms with Crippen molar-refractivity contribution < 1.29 is 4.79 Å². The molecule has 28 heavy (non-hydrogen) atoms. The number of aromatic amines is 1. The molecule has 7 nitrogen and oxygen atoms in total. The number of thiophene rings is 1. The Balaban J connectivity index is 1.63. The molecule has 0 atom stereocenters. The number of fused-ring (bicyclic) bond motifs is 2. The number of hydrogen-bond acceptors (Lipinski definition) is 5. The van der Waals surface area contributed by atoms with Crippen molar-refractivity contribution in [3.8, 4) is 0 Å². The van der Waals surface area contributed by atoms with Gasteiger partial charge < -0.3 is 14.9 Å². The lowest BCUT2D eigenvalue weighted by atomic mass is 10.1. The molecule has 0 aliphatic carbocycles.